The van der Waals surface area contributed by atoms with E-state index in [1.54, 1.807) is 7.11 Å². The van der Waals surface area contributed by atoms with Gasteiger partial charge in [0.25, 0.3) is 0 Å². The van der Waals surface area contributed by atoms with Crippen molar-refractivity contribution in [1.82, 2.24) is 14.9 Å². The second kappa shape index (κ2) is 8.77. The molecular formula is C20H28N6O2. The van der Waals surface area contributed by atoms with Gasteiger partial charge in [0.05, 0.1) is 12.8 Å². The molecule has 0 aliphatic carbocycles. The van der Waals surface area contributed by atoms with Gasteiger partial charge in [-0.3, -0.25) is 0 Å². The standard InChI is InChI=1S/C20H28N6O2/c1-5-21-19-22-15(3)13-18(24-19)25-8-10-26(11-9-25)20(27)23-16-12-14(2)6-7-17(16)28-4/h6-7,12-13H,5,8-11H2,1-4H3,(H,23,27)(H,21,22,24). The summed E-state index contributed by atoms with van der Waals surface area (Å²) in [4.78, 5) is 25.7. The number of aryl methyl sites for hydroxylation is 2. The molecule has 1 saturated heterocycles. The van der Waals surface area contributed by atoms with Crippen LogP contribution >= 0.6 is 0 Å². The quantitative estimate of drug-likeness (QED) is 0.825. The van der Waals surface area contributed by atoms with Gasteiger partial charge in [-0.15, -0.1) is 0 Å². The Hall–Kier alpha value is -3.03. The number of anilines is 3. The van der Waals surface area contributed by atoms with E-state index in [9.17, 15) is 4.79 Å². The van der Waals surface area contributed by atoms with Crippen molar-refractivity contribution in [2.45, 2.75) is 20.8 Å². The molecule has 2 aromatic rings. The SMILES string of the molecule is CCNc1nc(C)cc(N2CCN(C(=O)Nc3cc(C)ccc3OC)CC2)n1. The van der Waals surface area contributed by atoms with E-state index in [2.05, 4.69) is 25.5 Å². The molecule has 2 amide bonds. The van der Waals surface area contributed by atoms with E-state index >= 15 is 0 Å². The molecule has 3 rings (SSSR count). The van der Waals surface area contributed by atoms with Crippen LogP contribution in [0.25, 0.3) is 0 Å². The van der Waals surface area contributed by atoms with Gasteiger partial charge in [-0.1, -0.05) is 6.07 Å². The van der Waals surface area contributed by atoms with Crippen molar-refractivity contribution >= 4 is 23.5 Å². The third-order valence-corrected chi connectivity index (χ3v) is 4.66. The fourth-order valence-electron chi connectivity index (χ4n) is 3.20. The third kappa shape index (κ3) is 4.62. The first-order chi connectivity index (χ1) is 13.5. The van der Waals surface area contributed by atoms with Crippen LogP contribution in [0.2, 0.25) is 0 Å². The highest BCUT2D eigenvalue weighted by molar-refractivity contribution is 5.91. The number of carbonyl (C=O) groups excluding carboxylic acids is 1. The molecule has 1 aromatic carbocycles. The van der Waals surface area contributed by atoms with Gasteiger partial charge in [0.1, 0.15) is 11.6 Å². The van der Waals surface area contributed by atoms with Gasteiger partial charge in [-0.2, -0.15) is 4.98 Å². The maximum atomic E-state index is 12.7. The second-order valence-electron chi connectivity index (χ2n) is 6.83. The number of hydrogen-bond acceptors (Lipinski definition) is 6. The van der Waals surface area contributed by atoms with Crippen molar-refractivity contribution in [1.29, 1.82) is 0 Å². The average molecular weight is 384 g/mol. The fraction of sp³-hybridized carbons (Fsp3) is 0.450. The molecule has 1 aliphatic heterocycles. The molecule has 0 atom stereocenters. The van der Waals surface area contributed by atoms with E-state index < -0.39 is 0 Å². The normalized spacial score (nSPS) is 14.0. The number of nitrogens with zero attached hydrogens (tertiary/aromatic N) is 4. The maximum absolute atomic E-state index is 12.7. The topological polar surface area (TPSA) is 82.6 Å². The lowest BCUT2D eigenvalue weighted by Gasteiger charge is -2.35. The van der Waals surface area contributed by atoms with Crippen molar-refractivity contribution in [3.63, 3.8) is 0 Å². The summed E-state index contributed by atoms with van der Waals surface area (Å²) >= 11 is 0. The van der Waals surface area contributed by atoms with Gasteiger partial charge in [-0.25, -0.2) is 9.78 Å². The molecule has 0 radical (unpaired) electrons. The molecule has 1 aliphatic rings. The third-order valence-electron chi connectivity index (χ3n) is 4.66. The van der Waals surface area contributed by atoms with Gasteiger partial charge >= 0.3 is 6.03 Å². The monoisotopic (exact) mass is 384 g/mol. The number of piperazine rings is 1. The smallest absolute Gasteiger partial charge is 0.322 e. The minimum absolute atomic E-state index is 0.115. The Morgan fingerprint density at radius 2 is 1.89 bits per heavy atom. The van der Waals surface area contributed by atoms with Crippen LogP contribution in [0, 0.1) is 13.8 Å². The first kappa shape index (κ1) is 19.7. The number of benzene rings is 1. The summed E-state index contributed by atoms with van der Waals surface area (Å²) in [6.45, 7) is 9.44. The van der Waals surface area contributed by atoms with Gasteiger partial charge in [0.15, 0.2) is 0 Å². The number of ether oxygens (including phenoxy) is 1. The zero-order valence-electron chi connectivity index (χ0n) is 17.0. The van der Waals surface area contributed by atoms with Crippen LogP contribution in [0.1, 0.15) is 18.2 Å². The summed E-state index contributed by atoms with van der Waals surface area (Å²) < 4.78 is 5.34. The zero-order valence-corrected chi connectivity index (χ0v) is 17.0. The predicted octanol–water partition coefficient (Wildman–Crippen LogP) is 2.89. The highest BCUT2D eigenvalue weighted by atomic mass is 16.5. The molecule has 2 N–H and O–H groups in total. The summed E-state index contributed by atoms with van der Waals surface area (Å²) in [5, 5.41) is 6.13. The van der Waals surface area contributed by atoms with E-state index in [1.165, 1.54) is 0 Å². The summed E-state index contributed by atoms with van der Waals surface area (Å²) in [5.41, 5.74) is 2.68. The molecule has 150 valence electrons. The number of methoxy groups -OCH3 is 1. The van der Waals surface area contributed by atoms with Crippen molar-refractivity contribution in [2.75, 3.05) is 55.4 Å². The summed E-state index contributed by atoms with van der Waals surface area (Å²) in [7, 11) is 1.60. The Bertz CT molecular complexity index is 833. The Morgan fingerprint density at radius 1 is 1.14 bits per heavy atom. The molecule has 0 unspecified atom stereocenters. The minimum atomic E-state index is -0.115. The predicted molar refractivity (Wildman–Crippen MR) is 111 cm³/mol. The molecular weight excluding hydrogens is 356 g/mol. The number of nitrogens with one attached hydrogen (secondary N) is 2. The fourth-order valence-corrected chi connectivity index (χ4v) is 3.20. The number of urea groups is 1. The molecule has 0 spiro atoms. The zero-order chi connectivity index (χ0) is 20.1. The lowest BCUT2D eigenvalue weighted by Crippen LogP contribution is -2.50. The molecule has 1 aromatic heterocycles. The Labute approximate surface area is 165 Å². The lowest BCUT2D eigenvalue weighted by molar-refractivity contribution is 0.208. The van der Waals surface area contributed by atoms with Crippen LogP contribution in [0.5, 0.6) is 5.75 Å². The molecule has 28 heavy (non-hydrogen) atoms. The molecule has 1 fully saturated rings. The van der Waals surface area contributed by atoms with Gasteiger partial charge in [-0.05, 0) is 38.5 Å². The van der Waals surface area contributed by atoms with Crippen molar-refractivity contribution in [3.05, 3.63) is 35.5 Å². The Balaban J connectivity index is 1.62. The highest BCUT2D eigenvalue weighted by Crippen LogP contribution is 2.26. The van der Waals surface area contributed by atoms with E-state index in [0.29, 0.717) is 30.5 Å². The molecule has 0 saturated carbocycles. The minimum Gasteiger partial charge on any atom is -0.495 e. The summed E-state index contributed by atoms with van der Waals surface area (Å²) in [5.74, 6) is 2.19. The summed E-state index contributed by atoms with van der Waals surface area (Å²) in [6, 6.07) is 7.60. The van der Waals surface area contributed by atoms with Gasteiger partial charge in [0, 0.05) is 44.5 Å². The second-order valence-corrected chi connectivity index (χ2v) is 6.83. The van der Waals surface area contributed by atoms with Gasteiger partial charge < -0.3 is 25.2 Å². The van der Waals surface area contributed by atoms with E-state index in [1.807, 2.05) is 49.9 Å². The van der Waals surface area contributed by atoms with Crippen LogP contribution in [-0.4, -0.2) is 60.7 Å². The molecule has 8 nitrogen and oxygen atoms in total. The number of amides is 2. The van der Waals surface area contributed by atoms with Crippen LogP contribution in [0.15, 0.2) is 24.3 Å². The maximum Gasteiger partial charge on any atom is 0.322 e. The van der Waals surface area contributed by atoms with Crippen molar-refractivity contribution in [3.8, 4) is 5.75 Å². The summed E-state index contributed by atoms with van der Waals surface area (Å²) in [6.07, 6.45) is 0. The first-order valence-corrected chi connectivity index (χ1v) is 9.55. The Morgan fingerprint density at radius 3 is 2.57 bits per heavy atom. The van der Waals surface area contributed by atoms with E-state index in [-0.39, 0.29) is 6.03 Å². The highest BCUT2D eigenvalue weighted by Gasteiger charge is 2.23. The van der Waals surface area contributed by atoms with E-state index in [0.717, 1.165) is 36.7 Å². The average Bonchev–Trinajstić information content (AvgIpc) is 2.68. The van der Waals surface area contributed by atoms with Crippen LogP contribution in [-0.2, 0) is 0 Å². The van der Waals surface area contributed by atoms with Crippen molar-refractivity contribution in [2.24, 2.45) is 0 Å². The number of aromatic nitrogens is 2. The Kier molecular flexibility index (Phi) is 6.18. The largest absolute Gasteiger partial charge is 0.495 e. The number of hydrogen-bond donors (Lipinski definition) is 2. The van der Waals surface area contributed by atoms with Gasteiger partial charge in [0.2, 0.25) is 5.95 Å². The molecule has 8 heteroatoms. The van der Waals surface area contributed by atoms with Crippen LogP contribution in [0.3, 0.4) is 0 Å². The van der Waals surface area contributed by atoms with Crippen LogP contribution < -0.4 is 20.3 Å². The first-order valence-electron chi connectivity index (χ1n) is 9.55. The van der Waals surface area contributed by atoms with Crippen molar-refractivity contribution < 1.29 is 9.53 Å². The van der Waals surface area contributed by atoms with E-state index in [4.69, 9.17) is 4.74 Å². The number of carbonyl (C=O) groups is 1. The molecule has 0 bridgehead atoms. The molecule has 2 heterocycles. The lowest BCUT2D eigenvalue weighted by atomic mass is 10.2. The van der Waals surface area contributed by atoms with Crippen LogP contribution in [0.4, 0.5) is 22.2 Å². The number of rotatable bonds is 5.